The Bertz CT molecular complexity index is 1130. The van der Waals surface area contributed by atoms with E-state index in [1.165, 1.54) is 6.20 Å². The second-order valence-electron chi connectivity index (χ2n) is 5.43. The van der Waals surface area contributed by atoms with Crippen LogP contribution < -0.4 is 0 Å². The average Bonchev–Trinajstić information content (AvgIpc) is 3.21. The van der Waals surface area contributed by atoms with Crippen LogP contribution in [0.25, 0.3) is 20.7 Å². The summed E-state index contributed by atoms with van der Waals surface area (Å²) in [5.41, 5.74) is 1.66. The van der Waals surface area contributed by atoms with E-state index in [1.54, 1.807) is 47.7 Å². The Balaban J connectivity index is 1.93. The van der Waals surface area contributed by atoms with Gasteiger partial charge in [0.05, 0.1) is 21.7 Å². The Kier molecular flexibility index (Phi) is 3.51. The maximum absolute atomic E-state index is 12.9. The molecule has 0 N–H and O–H groups in total. The van der Waals surface area contributed by atoms with Gasteiger partial charge >= 0.3 is 0 Å². The van der Waals surface area contributed by atoms with E-state index in [9.17, 15) is 8.42 Å². The fraction of sp³-hybridized carbons (Fsp3) is 0.0556. The van der Waals surface area contributed by atoms with Crippen LogP contribution in [-0.4, -0.2) is 17.6 Å². The second kappa shape index (κ2) is 5.58. The molecule has 2 heterocycles. The molecule has 24 heavy (non-hydrogen) atoms. The Morgan fingerprint density at radius 3 is 2.42 bits per heavy atom. The highest BCUT2D eigenvalue weighted by molar-refractivity contribution is 7.90. The number of thiophene rings is 1. The van der Waals surface area contributed by atoms with Crippen molar-refractivity contribution in [3.05, 3.63) is 72.4 Å². The van der Waals surface area contributed by atoms with Crippen molar-refractivity contribution in [2.75, 3.05) is 0 Å². The molecule has 0 saturated carbocycles. The molecule has 0 saturated heterocycles. The van der Waals surface area contributed by atoms with Crippen LogP contribution in [0.15, 0.2) is 71.8 Å². The number of rotatable bonds is 3. The molecule has 2 aromatic carbocycles. The van der Waals surface area contributed by atoms with Gasteiger partial charge in [0.2, 0.25) is 0 Å². The molecule has 0 amide bonds. The normalized spacial score (nSPS) is 11.9. The first-order chi connectivity index (χ1) is 11.6. The van der Waals surface area contributed by atoms with Gasteiger partial charge in [-0.15, -0.1) is 11.3 Å². The summed E-state index contributed by atoms with van der Waals surface area (Å²) in [6, 6.07) is 18.2. The third-order valence-corrected chi connectivity index (χ3v) is 6.86. The van der Waals surface area contributed by atoms with E-state index in [-0.39, 0.29) is 4.90 Å². The number of nitrogens with zero attached hydrogens (tertiary/aromatic N) is 2. The van der Waals surface area contributed by atoms with Crippen LogP contribution in [0.2, 0.25) is 0 Å². The first kappa shape index (κ1) is 15.1. The van der Waals surface area contributed by atoms with Crippen molar-refractivity contribution < 1.29 is 8.42 Å². The summed E-state index contributed by atoms with van der Waals surface area (Å²) in [7, 11) is -3.72. The minimum atomic E-state index is -3.72. The summed E-state index contributed by atoms with van der Waals surface area (Å²) in [6.07, 6.45) is 1.53. The van der Waals surface area contributed by atoms with Crippen molar-refractivity contribution in [3.8, 4) is 10.6 Å². The lowest BCUT2D eigenvalue weighted by Crippen LogP contribution is -2.15. The molecule has 0 spiro atoms. The van der Waals surface area contributed by atoms with E-state index in [0.29, 0.717) is 5.69 Å². The van der Waals surface area contributed by atoms with Crippen LogP contribution in [0.3, 0.4) is 0 Å². The van der Waals surface area contributed by atoms with Crippen molar-refractivity contribution in [2.24, 2.45) is 0 Å². The molecule has 4 aromatic rings. The zero-order valence-corrected chi connectivity index (χ0v) is 14.5. The molecule has 4 rings (SSSR count). The van der Waals surface area contributed by atoms with E-state index in [0.717, 1.165) is 24.6 Å². The van der Waals surface area contributed by atoms with Crippen LogP contribution in [0, 0.1) is 6.92 Å². The number of fused-ring (bicyclic) bond motifs is 1. The van der Waals surface area contributed by atoms with E-state index in [1.807, 2.05) is 25.1 Å². The average molecular weight is 354 g/mol. The van der Waals surface area contributed by atoms with Gasteiger partial charge in [0.1, 0.15) is 0 Å². The zero-order chi connectivity index (χ0) is 16.7. The van der Waals surface area contributed by atoms with Crippen molar-refractivity contribution in [1.29, 1.82) is 0 Å². The third kappa shape index (κ3) is 2.26. The fourth-order valence-electron chi connectivity index (χ4n) is 2.76. The van der Waals surface area contributed by atoms with Gasteiger partial charge in [-0.3, -0.25) is 0 Å². The van der Waals surface area contributed by atoms with Crippen molar-refractivity contribution >= 4 is 31.4 Å². The monoisotopic (exact) mass is 354 g/mol. The van der Waals surface area contributed by atoms with E-state index in [2.05, 4.69) is 11.2 Å². The van der Waals surface area contributed by atoms with Gasteiger partial charge in [-0.1, -0.05) is 36.4 Å². The Morgan fingerprint density at radius 2 is 1.67 bits per heavy atom. The molecule has 6 heteroatoms. The van der Waals surface area contributed by atoms with Gasteiger partial charge in [0.25, 0.3) is 10.0 Å². The molecule has 0 aliphatic heterocycles. The molecule has 0 aliphatic carbocycles. The molecule has 0 bridgehead atoms. The number of aryl methyl sites for hydroxylation is 1. The predicted molar refractivity (Wildman–Crippen MR) is 96.8 cm³/mol. The molecule has 0 unspecified atom stereocenters. The summed E-state index contributed by atoms with van der Waals surface area (Å²) in [5, 5.41) is 5.23. The Morgan fingerprint density at radius 1 is 0.958 bits per heavy atom. The Hall–Kier alpha value is -2.44. The summed E-state index contributed by atoms with van der Waals surface area (Å²) >= 11 is 1.58. The lowest BCUT2D eigenvalue weighted by atomic mass is 10.1. The second-order valence-corrected chi connectivity index (χ2v) is 8.25. The van der Waals surface area contributed by atoms with Crippen molar-refractivity contribution in [1.82, 2.24) is 9.19 Å². The number of hydrogen-bond donors (Lipinski definition) is 0. The highest BCUT2D eigenvalue weighted by Gasteiger charge is 2.23. The van der Waals surface area contributed by atoms with Gasteiger partial charge in [-0.25, -0.2) is 0 Å². The van der Waals surface area contributed by atoms with Gasteiger partial charge in [-0.05, 0) is 42.1 Å². The summed E-state index contributed by atoms with van der Waals surface area (Å²) in [5.74, 6) is 0. The van der Waals surface area contributed by atoms with Gasteiger partial charge in [0, 0.05) is 4.70 Å². The molecule has 0 atom stereocenters. The van der Waals surface area contributed by atoms with Crippen LogP contribution in [-0.2, 0) is 10.0 Å². The lowest BCUT2D eigenvalue weighted by Gasteiger charge is -2.08. The smallest absolute Gasteiger partial charge is 0.199 e. The minimum absolute atomic E-state index is 0.230. The molecule has 0 fully saturated rings. The van der Waals surface area contributed by atoms with E-state index >= 15 is 0 Å². The molecule has 0 aliphatic rings. The first-order valence-corrected chi connectivity index (χ1v) is 9.68. The molecular formula is C18H14N2O2S2. The topological polar surface area (TPSA) is 52.0 Å². The third-order valence-electron chi connectivity index (χ3n) is 3.96. The number of benzene rings is 2. The quantitative estimate of drug-likeness (QED) is 0.551. The lowest BCUT2D eigenvalue weighted by molar-refractivity contribution is 0.581. The summed E-state index contributed by atoms with van der Waals surface area (Å²) in [6.45, 7) is 2.01. The summed E-state index contributed by atoms with van der Waals surface area (Å²) < 4.78 is 28.1. The molecule has 2 aromatic heterocycles. The van der Waals surface area contributed by atoms with Gasteiger partial charge in [0.15, 0.2) is 0 Å². The van der Waals surface area contributed by atoms with Crippen LogP contribution in [0.5, 0.6) is 0 Å². The zero-order valence-electron chi connectivity index (χ0n) is 12.9. The van der Waals surface area contributed by atoms with Crippen LogP contribution >= 0.6 is 11.3 Å². The van der Waals surface area contributed by atoms with Gasteiger partial charge in [-0.2, -0.15) is 17.6 Å². The number of hydrogen-bond acceptors (Lipinski definition) is 4. The largest absolute Gasteiger partial charge is 0.283 e. The molecular weight excluding hydrogens is 340 g/mol. The molecule has 4 nitrogen and oxygen atoms in total. The summed E-state index contributed by atoms with van der Waals surface area (Å²) in [4.78, 5) is 1.15. The maximum Gasteiger partial charge on any atom is 0.283 e. The van der Waals surface area contributed by atoms with E-state index < -0.39 is 10.0 Å². The SMILES string of the molecule is Cc1c(-c2ccnn2S(=O)(=O)c2ccccc2)sc2ccccc12. The van der Waals surface area contributed by atoms with E-state index in [4.69, 9.17) is 0 Å². The predicted octanol–water partition coefficient (Wildman–Crippen LogP) is 4.31. The Labute approximate surface area is 144 Å². The van der Waals surface area contributed by atoms with Gasteiger partial charge < -0.3 is 0 Å². The standard InChI is InChI=1S/C18H14N2O2S2/c1-13-15-9-5-6-10-17(15)23-18(13)16-11-12-19-20(16)24(21,22)14-7-3-2-4-8-14/h2-12H,1H3. The number of aromatic nitrogens is 2. The van der Waals surface area contributed by atoms with Crippen molar-refractivity contribution in [2.45, 2.75) is 11.8 Å². The van der Waals surface area contributed by atoms with Crippen LogP contribution in [0.1, 0.15) is 5.56 Å². The van der Waals surface area contributed by atoms with Crippen LogP contribution in [0.4, 0.5) is 0 Å². The molecule has 120 valence electrons. The fourth-order valence-corrected chi connectivity index (χ4v) is 5.32. The maximum atomic E-state index is 12.9. The molecule has 0 radical (unpaired) electrons. The minimum Gasteiger partial charge on any atom is -0.199 e. The first-order valence-electron chi connectivity index (χ1n) is 7.42. The highest BCUT2D eigenvalue weighted by Crippen LogP contribution is 2.38. The van der Waals surface area contributed by atoms with Crippen molar-refractivity contribution in [3.63, 3.8) is 0 Å². The highest BCUT2D eigenvalue weighted by atomic mass is 32.2.